The van der Waals surface area contributed by atoms with Gasteiger partial charge in [-0.15, -0.1) is 0 Å². The number of hydrogen-bond acceptors (Lipinski definition) is 3. The van der Waals surface area contributed by atoms with Gasteiger partial charge in [0.1, 0.15) is 5.82 Å². The molecule has 0 amide bonds. The second kappa shape index (κ2) is 6.11. The fourth-order valence-electron chi connectivity index (χ4n) is 2.77. The van der Waals surface area contributed by atoms with Crippen molar-refractivity contribution in [3.63, 3.8) is 0 Å². The summed E-state index contributed by atoms with van der Waals surface area (Å²) in [6, 6.07) is 13.2. The average molecular weight is 352 g/mol. The molecule has 2 aromatic carbocycles. The lowest BCUT2D eigenvalue weighted by Crippen LogP contribution is -2.06. The van der Waals surface area contributed by atoms with E-state index < -0.39 is 5.82 Å². The molecule has 25 heavy (non-hydrogen) atoms. The number of halogens is 2. The number of pyridine rings is 1. The van der Waals surface area contributed by atoms with E-state index >= 15 is 0 Å². The molecule has 0 fully saturated rings. The summed E-state index contributed by atoms with van der Waals surface area (Å²) in [5.41, 5.74) is 2.57. The van der Waals surface area contributed by atoms with Gasteiger partial charge in [-0.2, -0.15) is 0 Å². The van der Waals surface area contributed by atoms with Gasteiger partial charge in [0.05, 0.1) is 22.9 Å². The molecule has 0 aliphatic carbocycles. The van der Waals surface area contributed by atoms with E-state index in [1.807, 2.05) is 12.1 Å². The molecule has 1 N–H and O–H groups in total. The van der Waals surface area contributed by atoms with Crippen LogP contribution in [-0.2, 0) is 0 Å². The van der Waals surface area contributed by atoms with Gasteiger partial charge < -0.3 is 4.98 Å². The highest BCUT2D eigenvalue weighted by Crippen LogP contribution is 2.33. The van der Waals surface area contributed by atoms with Gasteiger partial charge in [-0.3, -0.25) is 9.78 Å². The fraction of sp³-hybridized carbons (Fsp3) is 0. The van der Waals surface area contributed by atoms with Crippen LogP contribution in [0.15, 0.2) is 65.8 Å². The molecule has 2 heterocycles. The molecule has 0 atom stereocenters. The van der Waals surface area contributed by atoms with Gasteiger partial charge in [-0.05, 0) is 42.0 Å². The van der Waals surface area contributed by atoms with Crippen molar-refractivity contribution in [2.24, 2.45) is 0 Å². The summed E-state index contributed by atoms with van der Waals surface area (Å²) in [5.74, 6) is -0.412. The van der Waals surface area contributed by atoms with Crippen LogP contribution in [0.5, 0.6) is 0 Å². The first kappa shape index (κ1) is 15.5. The lowest BCUT2D eigenvalue weighted by molar-refractivity contribution is 0.631. The summed E-state index contributed by atoms with van der Waals surface area (Å²) in [7, 11) is 0. The molecule has 0 bridgehead atoms. The fourth-order valence-corrected chi connectivity index (χ4v) is 2.94. The largest absolute Gasteiger partial charge is 0.313 e. The molecule has 4 aromatic rings. The monoisotopic (exact) mass is 351 g/mol. The molecule has 4 rings (SSSR count). The van der Waals surface area contributed by atoms with Gasteiger partial charge in [0.15, 0.2) is 0 Å². The van der Waals surface area contributed by atoms with E-state index in [4.69, 9.17) is 11.6 Å². The Morgan fingerprint density at radius 3 is 2.76 bits per heavy atom. The Hall–Kier alpha value is -3.05. The summed E-state index contributed by atoms with van der Waals surface area (Å²) in [6.45, 7) is 0. The van der Waals surface area contributed by atoms with E-state index in [2.05, 4.69) is 15.0 Å². The zero-order chi connectivity index (χ0) is 17.4. The van der Waals surface area contributed by atoms with Gasteiger partial charge >= 0.3 is 0 Å². The van der Waals surface area contributed by atoms with E-state index in [1.165, 1.54) is 24.5 Å². The van der Waals surface area contributed by atoms with Crippen molar-refractivity contribution < 1.29 is 4.39 Å². The zero-order valence-electron chi connectivity index (χ0n) is 12.8. The van der Waals surface area contributed by atoms with Crippen LogP contribution in [-0.4, -0.2) is 15.0 Å². The highest BCUT2D eigenvalue weighted by molar-refractivity contribution is 6.30. The third-order valence-corrected chi connectivity index (χ3v) is 4.18. The second-order valence-electron chi connectivity index (χ2n) is 5.49. The van der Waals surface area contributed by atoms with E-state index in [1.54, 1.807) is 24.4 Å². The van der Waals surface area contributed by atoms with Gasteiger partial charge in [0.2, 0.25) is 0 Å². The summed E-state index contributed by atoms with van der Waals surface area (Å²) in [5, 5.41) is 0.883. The Kier molecular flexibility index (Phi) is 3.78. The maximum absolute atomic E-state index is 14.3. The minimum absolute atomic E-state index is 0.230. The average Bonchev–Trinajstić information content (AvgIpc) is 2.64. The molecule has 6 heteroatoms. The Labute approximate surface area is 147 Å². The van der Waals surface area contributed by atoms with Crippen molar-refractivity contribution in [3.8, 4) is 22.4 Å². The van der Waals surface area contributed by atoms with Crippen molar-refractivity contribution in [2.75, 3.05) is 0 Å². The molecular weight excluding hydrogens is 341 g/mol. The quantitative estimate of drug-likeness (QED) is 0.580. The first-order valence-corrected chi connectivity index (χ1v) is 7.89. The molecular formula is C19H11ClFN3O. The van der Waals surface area contributed by atoms with Crippen molar-refractivity contribution in [1.82, 2.24) is 15.0 Å². The van der Waals surface area contributed by atoms with Crippen LogP contribution in [0.2, 0.25) is 5.02 Å². The lowest BCUT2D eigenvalue weighted by atomic mass is 9.98. The number of aromatic amines is 1. The standard InChI is InChI=1S/C19H11ClFN3O/c20-12-4-5-16(21)14(9-12)18-13(2-1-7-22-18)11-3-6-17-15(8-11)19(25)24-10-23-17/h1-10H,(H,23,24,25). The molecule has 2 aromatic heterocycles. The number of H-pyrrole nitrogens is 1. The number of rotatable bonds is 2. The lowest BCUT2D eigenvalue weighted by Gasteiger charge is -2.10. The third-order valence-electron chi connectivity index (χ3n) is 3.94. The molecule has 0 radical (unpaired) electrons. The Balaban J connectivity index is 1.97. The van der Waals surface area contributed by atoms with Crippen LogP contribution in [0.25, 0.3) is 33.3 Å². The Bertz CT molecular complexity index is 1160. The van der Waals surface area contributed by atoms with Crippen molar-refractivity contribution in [3.05, 3.63) is 82.2 Å². The maximum atomic E-state index is 14.3. The van der Waals surface area contributed by atoms with Gasteiger partial charge in [-0.1, -0.05) is 23.7 Å². The van der Waals surface area contributed by atoms with Crippen LogP contribution in [0.1, 0.15) is 0 Å². The molecule has 122 valence electrons. The van der Waals surface area contributed by atoms with E-state index in [0.717, 1.165) is 5.56 Å². The second-order valence-corrected chi connectivity index (χ2v) is 5.92. The van der Waals surface area contributed by atoms with E-state index in [0.29, 0.717) is 32.7 Å². The summed E-state index contributed by atoms with van der Waals surface area (Å²) in [6.07, 6.45) is 2.95. The predicted molar refractivity (Wildman–Crippen MR) is 96.0 cm³/mol. The van der Waals surface area contributed by atoms with Crippen molar-refractivity contribution >= 4 is 22.5 Å². The topological polar surface area (TPSA) is 58.6 Å². The van der Waals surface area contributed by atoms with Crippen LogP contribution in [0.3, 0.4) is 0 Å². The molecule has 0 unspecified atom stereocenters. The normalized spacial score (nSPS) is 11.0. The van der Waals surface area contributed by atoms with Crippen LogP contribution in [0, 0.1) is 5.82 Å². The van der Waals surface area contributed by atoms with Crippen LogP contribution >= 0.6 is 11.6 Å². The molecule has 4 nitrogen and oxygen atoms in total. The van der Waals surface area contributed by atoms with Crippen molar-refractivity contribution in [2.45, 2.75) is 0 Å². The molecule has 0 spiro atoms. The first-order chi connectivity index (χ1) is 12.1. The highest BCUT2D eigenvalue weighted by atomic mass is 35.5. The van der Waals surface area contributed by atoms with E-state index in [9.17, 15) is 9.18 Å². The summed E-state index contributed by atoms with van der Waals surface area (Å²) < 4.78 is 14.3. The number of nitrogens with one attached hydrogen (secondary N) is 1. The summed E-state index contributed by atoms with van der Waals surface area (Å²) in [4.78, 5) is 23.0. The molecule has 0 saturated carbocycles. The van der Waals surface area contributed by atoms with Gasteiger partial charge in [0.25, 0.3) is 5.56 Å². The molecule has 0 saturated heterocycles. The molecule has 0 aliphatic heterocycles. The minimum Gasteiger partial charge on any atom is -0.313 e. The SMILES string of the molecule is O=c1[nH]cnc2ccc(-c3cccnc3-c3cc(Cl)ccc3F)cc12. The number of fused-ring (bicyclic) bond motifs is 1. The Morgan fingerprint density at radius 2 is 1.88 bits per heavy atom. The van der Waals surface area contributed by atoms with Gasteiger partial charge in [-0.25, -0.2) is 9.37 Å². The van der Waals surface area contributed by atoms with Crippen LogP contribution in [0.4, 0.5) is 4.39 Å². The predicted octanol–water partition coefficient (Wildman–Crippen LogP) is 4.44. The van der Waals surface area contributed by atoms with Gasteiger partial charge in [0, 0.05) is 22.3 Å². The van der Waals surface area contributed by atoms with Crippen molar-refractivity contribution in [1.29, 1.82) is 0 Å². The van der Waals surface area contributed by atoms with E-state index in [-0.39, 0.29) is 5.56 Å². The molecule has 0 aliphatic rings. The van der Waals surface area contributed by atoms with Crippen LogP contribution < -0.4 is 5.56 Å². The first-order valence-electron chi connectivity index (χ1n) is 7.52. The highest BCUT2D eigenvalue weighted by Gasteiger charge is 2.14. The zero-order valence-corrected chi connectivity index (χ0v) is 13.6. The number of hydrogen-bond donors (Lipinski definition) is 1. The smallest absolute Gasteiger partial charge is 0.258 e. The summed E-state index contributed by atoms with van der Waals surface area (Å²) >= 11 is 6.02. The number of nitrogens with zero attached hydrogens (tertiary/aromatic N) is 2. The maximum Gasteiger partial charge on any atom is 0.258 e. The third kappa shape index (κ3) is 2.79. The Morgan fingerprint density at radius 1 is 1.00 bits per heavy atom. The number of aromatic nitrogens is 3. The minimum atomic E-state index is -0.412. The number of benzene rings is 2.